The number of rotatable bonds is 5. The van der Waals surface area contributed by atoms with Crippen LogP contribution in [0.1, 0.15) is 22.6 Å². The van der Waals surface area contributed by atoms with E-state index >= 15 is 0 Å². The summed E-state index contributed by atoms with van der Waals surface area (Å²) in [5, 5.41) is 3.00. The molecule has 0 aliphatic carbocycles. The fourth-order valence-electron chi connectivity index (χ4n) is 4.04. The first kappa shape index (κ1) is 20.7. The minimum atomic E-state index is -0.528. The highest BCUT2D eigenvalue weighted by Gasteiger charge is 2.36. The minimum Gasteiger partial charge on any atom is -0.454 e. The smallest absolute Gasteiger partial charge is 0.238 e. The van der Waals surface area contributed by atoms with Gasteiger partial charge in [0, 0.05) is 22.3 Å². The molecule has 162 valence electrons. The van der Waals surface area contributed by atoms with E-state index in [2.05, 4.69) is 38.3 Å². The van der Waals surface area contributed by atoms with Gasteiger partial charge in [0.15, 0.2) is 11.5 Å². The molecule has 0 saturated carbocycles. The number of anilines is 1. The third-order valence-corrected chi connectivity index (χ3v) is 5.97. The SMILES string of the molecule is CN(C)Cc1ccc(N=C(c2ccc3c(c2)OCO3)C2C(=O)Nc3cc(Br)ccc32)cc1. The summed E-state index contributed by atoms with van der Waals surface area (Å²) >= 11 is 3.48. The van der Waals surface area contributed by atoms with Gasteiger partial charge in [-0.2, -0.15) is 0 Å². The summed E-state index contributed by atoms with van der Waals surface area (Å²) in [5.41, 5.74) is 5.18. The first-order valence-electron chi connectivity index (χ1n) is 10.3. The van der Waals surface area contributed by atoms with E-state index in [1.165, 1.54) is 5.56 Å². The van der Waals surface area contributed by atoms with Gasteiger partial charge < -0.3 is 19.7 Å². The van der Waals surface area contributed by atoms with Crippen LogP contribution in [-0.4, -0.2) is 37.4 Å². The molecular weight excluding hydrogens is 470 g/mol. The van der Waals surface area contributed by atoms with Crippen LogP contribution in [0.2, 0.25) is 0 Å². The Morgan fingerprint density at radius 1 is 1.06 bits per heavy atom. The lowest BCUT2D eigenvalue weighted by Gasteiger charge is -2.15. The van der Waals surface area contributed by atoms with E-state index in [1.54, 1.807) is 0 Å². The molecule has 2 heterocycles. The Hall–Kier alpha value is -3.16. The van der Waals surface area contributed by atoms with Crippen molar-refractivity contribution in [1.29, 1.82) is 0 Å². The van der Waals surface area contributed by atoms with Crippen molar-refractivity contribution in [2.45, 2.75) is 12.5 Å². The largest absolute Gasteiger partial charge is 0.454 e. The number of carbonyl (C=O) groups excluding carboxylic acids is 1. The number of nitrogens with zero attached hydrogens (tertiary/aromatic N) is 2. The quantitative estimate of drug-likeness (QED) is 0.504. The monoisotopic (exact) mass is 491 g/mol. The molecule has 0 spiro atoms. The van der Waals surface area contributed by atoms with Crippen LogP contribution < -0.4 is 14.8 Å². The molecule has 2 aliphatic heterocycles. The van der Waals surface area contributed by atoms with Gasteiger partial charge >= 0.3 is 0 Å². The number of ether oxygens (including phenoxy) is 2. The Bertz CT molecular complexity index is 1220. The van der Waals surface area contributed by atoms with Crippen molar-refractivity contribution in [3.05, 3.63) is 81.8 Å². The zero-order valence-corrected chi connectivity index (χ0v) is 19.3. The van der Waals surface area contributed by atoms with Gasteiger partial charge in [0.1, 0.15) is 5.92 Å². The van der Waals surface area contributed by atoms with Crippen LogP contribution in [0.4, 0.5) is 11.4 Å². The molecular formula is C25H22BrN3O3. The molecule has 7 heteroatoms. The maximum absolute atomic E-state index is 13.1. The Kier molecular flexibility index (Phi) is 5.45. The lowest BCUT2D eigenvalue weighted by Crippen LogP contribution is -2.22. The van der Waals surface area contributed by atoms with E-state index in [1.807, 2.05) is 62.6 Å². The fraction of sp³-hybridized carbons (Fsp3) is 0.200. The maximum Gasteiger partial charge on any atom is 0.238 e. The van der Waals surface area contributed by atoms with Gasteiger partial charge in [0.2, 0.25) is 12.7 Å². The molecule has 1 N–H and O–H groups in total. The molecule has 0 saturated heterocycles. The molecule has 1 atom stereocenters. The summed E-state index contributed by atoms with van der Waals surface area (Å²) in [5.74, 6) is 0.728. The number of fused-ring (bicyclic) bond motifs is 2. The summed E-state index contributed by atoms with van der Waals surface area (Å²) in [6, 6.07) is 19.6. The summed E-state index contributed by atoms with van der Waals surface area (Å²) in [4.78, 5) is 20.2. The summed E-state index contributed by atoms with van der Waals surface area (Å²) in [7, 11) is 4.08. The van der Waals surface area contributed by atoms with Gasteiger partial charge in [-0.25, -0.2) is 0 Å². The highest BCUT2D eigenvalue weighted by atomic mass is 79.9. The van der Waals surface area contributed by atoms with Gasteiger partial charge in [0.25, 0.3) is 0 Å². The number of hydrogen-bond donors (Lipinski definition) is 1. The van der Waals surface area contributed by atoms with E-state index in [-0.39, 0.29) is 12.7 Å². The lowest BCUT2D eigenvalue weighted by molar-refractivity contribution is -0.115. The normalized spacial score (nSPS) is 16.9. The molecule has 0 bridgehead atoms. The van der Waals surface area contributed by atoms with Gasteiger partial charge in [-0.05, 0) is 67.7 Å². The zero-order chi connectivity index (χ0) is 22.2. The molecule has 0 aromatic heterocycles. The van der Waals surface area contributed by atoms with E-state index in [4.69, 9.17) is 14.5 Å². The van der Waals surface area contributed by atoms with Crippen LogP contribution in [0.3, 0.4) is 0 Å². The van der Waals surface area contributed by atoms with Crippen LogP contribution in [0, 0.1) is 0 Å². The average molecular weight is 492 g/mol. The maximum atomic E-state index is 13.1. The second-order valence-electron chi connectivity index (χ2n) is 8.12. The molecule has 0 radical (unpaired) electrons. The Balaban J connectivity index is 1.60. The van der Waals surface area contributed by atoms with E-state index in [9.17, 15) is 4.79 Å². The number of amides is 1. The van der Waals surface area contributed by atoms with Crippen LogP contribution in [0.15, 0.2) is 70.1 Å². The lowest BCUT2D eigenvalue weighted by atomic mass is 9.90. The Morgan fingerprint density at radius 2 is 1.84 bits per heavy atom. The number of halogens is 1. The number of carbonyl (C=O) groups is 1. The molecule has 2 aliphatic rings. The number of nitrogens with one attached hydrogen (secondary N) is 1. The molecule has 0 fully saturated rings. The minimum absolute atomic E-state index is 0.0984. The van der Waals surface area contributed by atoms with Gasteiger partial charge in [-0.3, -0.25) is 9.79 Å². The van der Waals surface area contributed by atoms with E-state index in [0.29, 0.717) is 17.2 Å². The van der Waals surface area contributed by atoms with Crippen molar-refractivity contribution >= 4 is 38.9 Å². The van der Waals surface area contributed by atoms with E-state index in [0.717, 1.165) is 33.5 Å². The number of hydrogen-bond acceptors (Lipinski definition) is 5. The number of aliphatic imine (C=N–C) groups is 1. The predicted molar refractivity (Wildman–Crippen MR) is 128 cm³/mol. The molecule has 3 aromatic rings. The second kappa shape index (κ2) is 8.41. The van der Waals surface area contributed by atoms with Gasteiger partial charge in [-0.15, -0.1) is 0 Å². The summed E-state index contributed by atoms with van der Waals surface area (Å²) in [6.45, 7) is 1.05. The molecule has 3 aromatic carbocycles. The topological polar surface area (TPSA) is 63.2 Å². The highest BCUT2D eigenvalue weighted by Crippen LogP contribution is 2.40. The average Bonchev–Trinajstić information content (AvgIpc) is 3.35. The van der Waals surface area contributed by atoms with Gasteiger partial charge in [-0.1, -0.05) is 34.1 Å². The van der Waals surface area contributed by atoms with Crippen molar-refractivity contribution < 1.29 is 14.3 Å². The second-order valence-corrected chi connectivity index (χ2v) is 9.04. The fourth-order valence-corrected chi connectivity index (χ4v) is 4.40. The third kappa shape index (κ3) is 4.01. The summed E-state index contributed by atoms with van der Waals surface area (Å²) < 4.78 is 12.0. The van der Waals surface area contributed by atoms with Crippen LogP contribution in [-0.2, 0) is 11.3 Å². The zero-order valence-electron chi connectivity index (χ0n) is 17.8. The first-order chi connectivity index (χ1) is 15.5. The van der Waals surface area contributed by atoms with Crippen molar-refractivity contribution in [1.82, 2.24) is 4.90 Å². The van der Waals surface area contributed by atoms with Crippen molar-refractivity contribution in [3.8, 4) is 11.5 Å². The van der Waals surface area contributed by atoms with Crippen molar-refractivity contribution in [3.63, 3.8) is 0 Å². The van der Waals surface area contributed by atoms with Crippen molar-refractivity contribution in [2.75, 3.05) is 26.2 Å². The first-order valence-corrected chi connectivity index (χ1v) is 11.1. The van der Waals surface area contributed by atoms with Gasteiger partial charge in [0.05, 0.1) is 11.4 Å². The number of benzene rings is 3. The van der Waals surface area contributed by atoms with Crippen molar-refractivity contribution in [2.24, 2.45) is 4.99 Å². The highest BCUT2D eigenvalue weighted by molar-refractivity contribution is 9.10. The van der Waals surface area contributed by atoms with E-state index < -0.39 is 5.92 Å². The van der Waals surface area contributed by atoms with Crippen LogP contribution >= 0.6 is 15.9 Å². The molecule has 5 rings (SSSR count). The predicted octanol–water partition coefficient (Wildman–Crippen LogP) is 5.10. The molecule has 32 heavy (non-hydrogen) atoms. The van der Waals surface area contributed by atoms with Crippen LogP contribution in [0.25, 0.3) is 0 Å². The summed E-state index contributed by atoms with van der Waals surface area (Å²) in [6.07, 6.45) is 0. The Morgan fingerprint density at radius 3 is 2.62 bits per heavy atom. The standard InChI is InChI=1S/C25H22BrN3O3/c1-29(2)13-15-3-7-18(8-4-15)27-24(16-5-10-21-22(11-16)32-14-31-21)23-19-9-6-17(26)12-20(19)28-25(23)30/h3-12,23H,13-14H2,1-2H3,(H,28,30). The third-order valence-electron chi connectivity index (χ3n) is 5.47. The molecule has 6 nitrogen and oxygen atoms in total. The Labute approximate surface area is 195 Å². The van der Waals surface area contributed by atoms with Crippen LogP contribution in [0.5, 0.6) is 11.5 Å². The molecule has 1 amide bonds. The molecule has 1 unspecified atom stereocenters.